The van der Waals surface area contributed by atoms with Crippen LogP contribution in [0.4, 0.5) is 17.2 Å². The zero-order valence-electron chi connectivity index (χ0n) is 19.7. The van der Waals surface area contributed by atoms with E-state index in [1.165, 1.54) is 17.5 Å². The quantitative estimate of drug-likeness (QED) is 0.261. The van der Waals surface area contributed by atoms with E-state index in [-0.39, 0.29) is 18.4 Å². The summed E-state index contributed by atoms with van der Waals surface area (Å²) in [6, 6.07) is 18.9. The fourth-order valence-electron chi connectivity index (χ4n) is 3.74. The molecule has 8 nitrogen and oxygen atoms in total. The van der Waals surface area contributed by atoms with Crippen LogP contribution in [0.1, 0.15) is 37.7 Å². The van der Waals surface area contributed by atoms with E-state index in [2.05, 4.69) is 26.1 Å². The number of para-hydroxylation sites is 1. The Balaban J connectivity index is 1.44. The van der Waals surface area contributed by atoms with Crippen molar-refractivity contribution in [3.8, 4) is 0 Å². The predicted octanol–water partition coefficient (Wildman–Crippen LogP) is 5.83. The molecule has 0 bridgehead atoms. The Hall–Kier alpha value is -4.50. The SMILES string of the molecule is Cc1cc(CNC(=O)c2cnc(Nc3ccccc3C)c(NC(=O)c3csc4ccccc34)c2)no1. The summed E-state index contributed by atoms with van der Waals surface area (Å²) in [5.74, 6) is 0.471. The Morgan fingerprint density at radius 2 is 1.78 bits per heavy atom. The first-order chi connectivity index (χ1) is 17.5. The van der Waals surface area contributed by atoms with Gasteiger partial charge in [-0.2, -0.15) is 0 Å². The molecule has 3 heterocycles. The summed E-state index contributed by atoms with van der Waals surface area (Å²) in [6.45, 7) is 3.97. The first kappa shape index (κ1) is 23.3. The number of carbonyl (C=O) groups excluding carboxylic acids is 2. The molecule has 0 saturated carbocycles. The summed E-state index contributed by atoms with van der Waals surface area (Å²) in [5.41, 5.74) is 3.74. The highest BCUT2D eigenvalue weighted by Gasteiger charge is 2.17. The summed E-state index contributed by atoms with van der Waals surface area (Å²) in [4.78, 5) is 30.6. The van der Waals surface area contributed by atoms with Crippen LogP contribution in [0.5, 0.6) is 0 Å². The molecule has 0 atom stereocenters. The summed E-state index contributed by atoms with van der Waals surface area (Å²) in [6.07, 6.45) is 1.47. The van der Waals surface area contributed by atoms with Crippen molar-refractivity contribution in [1.82, 2.24) is 15.5 Å². The van der Waals surface area contributed by atoms with E-state index in [0.717, 1.165) is 21.3 Å². The van der Waals surface area contributed by atoms with Crippen LogP contribution in [0.15, 0.2) is 76.8 Å². The van der Waals surface area contributed by atoms with Gasteiger partial charge in [0.15, 0.2) is 5.82 Å². The van der Waals surface area contributed by atoms with Crippen LogP contribution < -0.4 is 16.0 Å². The normalized spacial score (nSPS) is 10.8. The van der Waals surface area contributed by atoms with Crippen LogP contribution in [0.25, 0.3) is 10.1 Å². The first-order valence-corrected chi connectivity index (χ1v) is 12.2. The van der Waals surface area contributed by atoms with E-state index in [4.69, 9.17) is 4.52 Å². The number of rotatable bonds is 7. The molecule has 0 saturated heterocycles. The number of aryl methyl sites for hydroxylation is 2. The summed E-state index contributed by atoms with van der Waals surface area (Å²) in [7, 11) is 0. The number of amides is 2. The number of hydrogen-bond donors (Lipinski definition) is 3. The molecule has 0 radical (unpaired) electrons. The van der Waals surface area contributed by atoms with E-state index in [0.29, 0.717) is 34.1 Å². The smallest absolute Gasteiger partial charge is 0.257 e. The molecule has 0 unspecified atom stereocenters. The maximum absolute atomic E-state index is 13.3. The average Bonchev–Trinajstić information content (AvgIpc) is 3.51. The number of benzene rings is 2. The molecule has 0 fully saturated rings. The van der Waals surface area contributed by atoms with Crippen molar-refractivity contribution in [1.29, 1.82) is 0 Å². The van der Waals surface area contributed by atoms with Crippen LogP contribution in [0.3, 0.4) is 0 Å². The van der Waals surface area contributed by atoms with Gasteiger partial charge in [-0.25, -0.2) is 4.98 Å². The molecular weight excluding hydrogens is 474 g/mol. The molecule has 0 spiro atoms. The van der Waals surface area contributed by atoms with Gasteiger partial charge in [0.25, 0.3) is 11.8 Å². The number of hydrogen-bond acceptors (Lipinski definition) is 7. The summed E-state index contributed by atoms with van der Waals surface area (Å²) >= 11 is 1.51. The average molecular weight is 498 g/mol. The highest BCUT2D eigenvalue weighted by atomic mass is 32.1. The van der Waals surface area contributed by atoms with Crippen molar-refractivity contribution in [3.05, 3.63) is 100 Å². The zero-order valence-corrected chi connectivity index (χ0v) is 20.5. The van der Waals surface area contributed by atoms with Gasteiger partial charge >= 0.3 is 0 Å². The lowest BCUT2D eigenvalue weighted by molar-refractivity contribution is 0.0948. The first-order valence-electron chi connectivity index (χ1n) is 11.3. The van der Waals surface area contributed by atoms with Gasteiger partial charge in [0.2, 0.25) is 0 Å². The van der Waals surface area contributed by atoms with E-state index < -0.39 is 0 Å². The lowest BCUT2D eigenvalue weighted by Crippen LogP contribution is -2.23. The summed E-state index contributed by atoms with van der Waals surface area (Å²) < 4.78 is 6.07. The van der Waals surface area contributed by atoms with Gasteiger partial charge in [-0.15, -0.1) is 11.3 Å². The molecule has 36 heavy (non-hydrogen) atoms. The lowest BCUT2D eigenvalue weighted by Gasteiger charge is -2.15. The fraction of sp³-hybridized carbons (Fsp3) is 0.111. The van der Waals surface area contributed by atoms with Crippen molar-refractivity contribution in [2.24, 2.45) is 0 Å². The molecule has 5 rings (SSSR count). The Labute approximate surface area is 211 Å². The second kappa shape index (κ2) is 10.0. The molecular formula is C27H23N5O3S. The predicted molar refractivity (Wildman–Crippen MR) is 141 cm³/mol. The van der Waals surface area contributed by atoms with E-state index in [1.54, 1.807) is 19.1 Å². The molecule has 3 aromatic heterocycles. The number of thiophene rings is 1. The van der Waals surface area contributed by atoms with Gasteiger partial charge in [0.1, 0.15) is 11.5 Å². The van der Waals surface area contributed by atoms with Crippen molar-refractivity contribution in [2.45, 2.75) is 20.4 Å². The highest BCUT2D eigenvalue weighted by molar-refractivity contribution is 7.17. The van der Waals surface area contributed by atoms with Gasteiger partial charge in [-0.05, 0) is 37.6 Å². The molecule has 0 aliphatic heterocycles. The number of carbonyl (C=O) groups is 2. The number of fused-ring (bicyclic) bond motifs is 1. The Morgan fingerprint density at radius 3 is 2.58 bits per heavy atom. The second-order valence-corrected chi connectivity index (χ2v) is 9.18. The number of anilines is 3. The zero-order chi connectivity index (χ0) is 25.1. The standard InChI is InChI=1S/C27H23N5O3S/c1-16-7-3-5-9-22(16)30-25-23(31-27(34)21-15-36-24-10-6-4-8-20(21)24)12-18(13-28-25)26(33)29-14-19-11-17(2)35-32-19/h3-13,15H,14H2,1-2H3,(H,28,30)(H,29,33)(H,31,34). The van der Waals surface area contributed by atoms with Crippen LogP contribution >= 0.6 is 11.3 Å². The lowest BCUT2D eigenvalue weighted by atomic mass is 10.1. The van der Waals surface area contributed by atoms with Crippen LogP contribution in [0.2, 0.25) is 0 Å². The third-order valence-corrected chi connectivity index (χ3v) is 6.59. The fourth-order valence-corrected chi connectivity index (χ4v) is 4.68. The van der Waals surface area contributed by atoms with Crippen LogP contribution in [-0.2, 0) is 6.54 Å². The van der Waals surface area contributed by atoms with E-state index in [9.17, 15) is 9.59 Å². The molecule has 0 aliphatic carbocycles. The van der Waals surface area contributed by atoms with Crippen LogP contribution in [0, 0.1) is 13.8 Å². The largest absolute Gasteiger partial charge is 0.361 e. The minimum Gasteiger partial charge on any atom is -0.361 e. The third kappa shape index (κ3) is 4.96. The number of nitrogens with zero attached hydrogens (tertiary/aromatic N) is 2. The molecule has 5 aromatic rings. The number of aromatic nitrogens is 2. The van der Waals surface area contributed by atoms with Crippen molar-refractivity contribution >= 4 is 50.4 Å². The van der Waals surface area contributed by atoms with Gasteiger partial charge in [-0.3, -0.25) is 9.59 Å². The van der Waals surface area contributed by atoms with Gasteiger partial charge in [0, 0.05) is 33.4 Å². The molecule has 2 aromatic carbocycles. The number of nitrogens with one attached hydrogen (secondary N) is 3. The molecule has 2 amide bonds. The molecule has 0 aliphatic rings. The highest BCUT2D eigenvalue weighted by Crippen LogP contribution is 2.29. The second-order valence-electron chi connectivity index (χ2n) is 8.27. The Bertz CT molecular complexity index is 1570. The number of pyridine rings is 1. The molecule has 3 N–H and O–H groups in total. The van der Waals surface area contributed by atoms with Crippen molar-refractivity contribution in [2.75, 3.05) is 10.6 Å². The van der Waals surface area contributed by atoms with E-state index in [1.807, 2.05) is 60.8 Å². The third-order valence-electron chi connectivity index (χ3n) is 5.63. The van der Waals surface area contributed by atoms with Gasteiger partial charge < -0.3 is 20.5 Å². The molecule has 180 valence electrons. The molecule has 9 heteroatoms. The van der Waals surface area contributed by atoms with Crippen molar-refractivity contribution < 1.29 is 14.1 Å². The minimum atomic E-state index is -0.345. The maximum Gasteiger partial charge on any atom is 0.257 e. The van der Waals surface area contributed by atoms with Crippen LogP contribution in [-0.4, -0.2) is 22.0 Å². The minimum absolute atomic E-state index is 0.210. The van der Waals surface area contributed by atoms with Gasteiger partial charge in [-0.1, -0.05) is 41.6 Å². The summed E-state index contributed by atoms with van der Waals surface area (Å²) in [5, 5.41) is 15.6. The maximum atomic E-state index is 13.3. The van der Waals surface area contributed by atoms with E-state index >= 15 is 0 Å². The Morgan fingerprint density at radius 1 is 0.972 bits per heavy atom. The van der Waals surface area contributed by atoms with Crippen molar-refractivity contribution in [3.63, 3.8) is 0 Å². The monoisotopic (exact) mass is 497 g/mol. The Kier molecular flexibility index (Phi) is 6.46. The topological polar surface area (TPSA) is 109 Å². The van der Waals surface area contributed by atoms with Gasteiger partial charge in [0.05, 0.1) is 23.4 Å².